The van der Waals surface area contributed by atoms with E-state index in [2.05, 4.69) is 45.1 Å². The average molecular weight is 833 g/mol. The third-order valence-electron chi connectivity index (χ3n) is 12.7. The van der Waals surface area contributed by atoms with Gasteiger partial charge in [-0.3, -0.25) is 9.36 Å². The number of likely N-dealkylation sites (tertiary alicyclic amines) is 1. The number of rotatable bonds is 9. The quantitative estimate of drug-likeness (QED) is 0.123. The van der Waals surface area contributed by atoms with Gasteiger partial charge >= 0.3 is 6.09 Å². The highest BCUT2D eigenvalue weighted by Gasteiger charge is 2.39. The van der Waals surface area contributed by atoms with Gasteiger partial charge in [-0.2, -0.15) is 0 Å². The second kappa shape index (κ2) is 14.5. The molecule has 59 heavy (non-hydrogen) atoms. The lowest BCUT2D eigenvalue weighted by Gasteiger charge is -2.30. The molecule has 3 N–H and O–H groups in total. The molecule has 4 atom stereocenters. The summed E-state index contributed by atoms with van der Waals surface area (Å²) in [6, 6.07) is 13.3. The lowest BCUT2D eigenvalue weighted by Crippen LogP contribution is -2.51. The molecule has 1 saturated carbocycles. The van der Waals surface area contributed by atoms with E-state index in [4.69, 9.17) is 24.4 Å². The summed E-state index contributed by atoms with van der Waals surface area (Å²) in [5.74, 6) is 2.46. The summed E-state index contributed by atoms with van der Waals surface area (Å²) in [5, 5.41) is 4.76. The molecular formula is C44H49FN8O4SSi. The lowest BCUT2D eigenvalue weighted by molar-refractivity contribution is -0.135. The van der Waals surface area contributed by atoms with E-state index in [1.54, 1.807) is 23.6 Å². The van der Waals surface area contributed by atoms with Gasteiger partial charge in [0, 0.05) is 49.2 Å². The first-order valence-electron chi connectivity index (χ1n) is 20.8. The first-order valence-corrected chi connectivity index (χ1v) is 25.0. The molecule has 0 spiro atoms. The van der Waals surface area contributed by atoms with Crippen molar-refractivity contribution in [2.75, 3.05) is 13.7 Å². The Balaban J connectivity index is 0.990. The number of hydrogen-bond donors (Lipinski definition) is 3. The minimum atomic E-state index is -1.20. The summed E-state index contributed by atoms with van der Waals surface area (Å²) < 4.78 is 30.4. The molecule has 0 radical (unpaired) electrons. The van der Waals surface area contributed by atoms with Crippen molar-refractivity contribution < 1.29 is 23.5 Å². The molecule has 10 rings (SSSR count). The van der Waals surface area contributed by atoms with Gasteiger partial charge < -0.3 is 29.7 Å². The number of carbonyl (C=O) groups excluding carboxylic acids is 2. The fourth-order valence-electron chi connectivity index (χ4n) is 9.43. The molecule has 4 aliphatic rings. The summed E-state index contributed by atoms with van der Waals surface area (Å²) in [4.78, 5) is 50.0. The summed E-state index contributed by atoms with van der Waals surface area (Å²) in [5.41, 5.74) is 5.29. The Hall–Kier alpha value is -5.28. The van der Waals surface area contributed by atoms with Crippen LogP contribution in [0.4, 0.5) is 9.18 Å². The van der Waals surface area contributed by atoms with Gasteiger partial charge in [0.2, 0.25) is 12.1 Å². The van der Waals surface area contributed by atoms with Gasteiger partial charge in [0.1, 0.15) is 29.3 Å². The number of benzene rings is 2. The molecule has 7 heterocycles. The number of aromatic nitrogens is 6. The maximum Gasteiger partial charge on any atom is 0.407 e. The van der Waals surface area contributed by atoms with Crippen LogP contribution in [0.3, 0.4) is 0 Å². The molecule has 3 aliphatic heterocycles. The average Bonchev–Trinajstić information content (AvgIpc) is 3.90. The van der Waals surface area contributed by atoms with Crippen LogP contribution in [0, 0.1) is 11.7 Å². The van der Waals surface area contributed by atoms with Crippen molar-refractivity contribution in [1.29, 1.82) is 0 Å². The number of thiazole rings is 1. The molecule has 306 valence electrons. The smallest absolute Gasteiger partial charge is 0.407 e. The Morgan fingerprint density at radius 1 is 0.966 bits per heavy atom. The molecule has 3 fully saturated rings. The van der Waals surface area contributed by atoms with Crippen molar-refractivity contribution in [3.63, 3.8) is 0 Å². The van der Waals surface area contributed by atoms with Crippen LogP contribution in [0.25, 0.3) is 44.7 Å². The Bertz CT molecular complexity index is 2610. The SMILES string of the molecule is COC(=O)N[C@H](C(=O)N1CCC[C@H]1c1ncc(-c2ccc3c(c2)cc2n3[C@H](c3cnc(C4CC4)s3)Oc3cc(-c4cnc([C@H]5CC[Si](C)(C)C5)[nH]4)cc(F)c3-2)[nH]1)C(C)C. The maximum absolute atomic E-state index is 16.6. The standard InChI is InChI=1S/C44H49FN8O4SSi/c1-23(2)38(51-44(55)56-3)42(54)52-13-6-7-33(52)40-47-19-30(50-40)25-10-11-32-28(15-25)17-34-37-29(45)16-27(31-20-46-39(49-31)26-12-14-59(4,5)22-26)18-35(37)57-43(53(32)34)36-21-48-41(58-36)24-8-9-24/h10-11,15-21,23-24,26,33,38,43H,6-9,12-14,22H2,1-5H3,(H,46,49)(H,47,50)(H,51,55)/t26-,33-,38-,43-/m0/s1. The molecule has 12 nitrogen and oxygen atoms in total. The van der Waals surface area contributed by atoms with Crippen LogP contribution in [0.5, 0.6) is 5.75 Å². The van der Waals surface area contributed by atoms with Crippen molar-refractivity contribution in [2.45, 2.75) is 101 Å². The Morgan fingerprint density at radius 3 is 2.49 bits per heavy atom. The minimum Gasteiger partial charge on any atom is -0.464 e. The molecule has 2 saturated heterocycles. The van der Waals surface area contributed by atoms with Crippen LogP contribution in [-0.2, 0) is 9.53 Å². The van der Waals surface area contributed by atoms with Gasteiger partial charge in [-0.1, -0.05) is 39.1 Å². The van der Waals surface area contributed by atoms with E-state index in [-0.39, 0.29) is 23.7 Å². The lowest BCUT2D eigenvalue weighted by atomic mass is 10.0. The van der Waals surface area contributed by atoms with Gasteiger partial charge in [-0.25, -0.2) is 24.1 Å². The van der Waals surface area contributed by atoms with E-state index in [0.29, 0.717) is 41.1 Å². The van der Waals surface area contributed by atoms with Crippen LogP contribution in [0.15, 0.2) is 55.0 Å². The van der Waals surface area contributed by atoms with Gasteiger partial charge in [0.15, 0.2) is 0 Å². The molecule has 0 unspecified atom stereocenters. The molecule has 2 aromatic carbocycles. The topological polar surface area (TPSA) is 143 Å². The summed E-state index contributed by atoms with van der Waals surface area (Å²) in [6.45, 7) is 9.27. The highest BCUT2D eigenvalue weighted by molar-refractivity contribution is 7.11. The Morgan fingerprint density at radius 2 is 1.75 bits per heavy atom. The summed E-state index contributed by atoms with van der Waals surface area (Å²) in [7, 11) is 0.0940. The van der Waals surface area contributed by atoms with Crippen LogP contribution in [0.1, 0.15) is 91.6 Å². The number of alkyl carbamates (subject to hydrolysis) is 1. The van der Waals surface area contributed by atoms with E-state index >= 15 is 4.39 Å². The number of fused-ring (bicyclic) bond motifs is 5. The van der Waals surface area contributed by atoms with Gasteiger partial charge in [0.25, 0.3) is 0 Å². The van der Waals surface area contributed by atoms with Gasteiger partial charge in [0.05, 0.1) is 63.6 Å². The molecule has 6 aromatic rings. The first-order chi connectivity index (χ1) is 28.4. The predicted octanol–water partition coefficient (Wildman–Crippen LogP) is 9.74. The van der Waals surface area contributed by atoms with E-state index in [0.717, 1.165) is 81.4 Å². The molecule has 15 heteroatoms. The number of hydrogen-bond acceptors (Lipinski definition) is 8. The number of amides is 2. The Labute approximate surface area is 347 Å². The number of nitrogens with zero attached hydrogens (tertiary/aromatic N) is 5. The van der Waals surface area contributed by atoms with Crippen molar-refractivity contribution in [3.8, 4) is 39.5 Å². The number of H-pyrrole nitrogens is 2. The summed E-state index contributed by atoms with van der Waals surface area (Å²) in [6.07, 6.45) is 9.42. The highest BCUT2D eigenvalue weighted by atomic mass is 32.1. The van der Waals surface area contributed by atoms with Crippen molar-refractivity contribution in [2.24, 2.45) is 5.92 Å². The fraction of sp³-hybridized carbons (Fsp3) is 0.432. The third kappa shape index (κ3) is 6.85. The van der Waals surface area contributed by atoms with E-state index in [1.165, 1.54) is 19.2 Å². The normalized spacial score (nSPS) is 21.4. The number of carbonyl (C=O) groups is 2. The number of ether oxygens (including phenoxy) is 2. The van der Waals surface area contributed by atoms with E-state index in [1.807, 2.05) is 49.3 Å². The third-order valence-corrected chi connectivity index (χ3v) is 17.2. The minimum absolute atomic E-state index is 0.126. The zero-order valence-electron chi connectivity index (χ0n) is 34.0. The number of aromatic amines is 2. The van der Waals surface area contributed by atoms with Crippen LogP contribution in [-0.4, -0.2) is 74.2 Å². The largest absolute Gasteiger partial charge is 0.464 e. The van der Waals surface area contributed by atoms with Crippen LogP contribution >= 0.6 is 11.3 Å². The zero-order valence-corrected chi connectivity index (χ0v) is 35.8. The van der Waals surface area contributed by atoms with Crippen molar-refractivity contribution >= 4 is 42.3 Å². The van der Waals surface area contributed by atoms with Crippen molar-refractivity contribution in [3.05, 3.63) is 82.3 Å². The maximum atomic E-state index is 16.6. The second-order valence-electron chi connectivity index (χ2n) is 17.9. The highest BCUT2D eigenvalue weighted by Crippen LogP contribution is 2.50. The number of methoxy groups -OCH3 is 1. The monoisotopic (exact) mass is 832 g/mol. The van der Waals surface area contributed by atoms with Gasteiger partial charge in [-0.05, 0) is 74.4 Å². The molecule has 4 aromatic heterocycles. The second-order valence-corrected chi connectivity index (χ2v) is 24.2. The molecule has 2 amide bonds. The predicted molar refractivity (Wildman–Crippen MR) is 228 cm³/mol. The van der Waals surface area contributed by atoms with Crippen LogP contribution < -0.4 is 10.1 Å². The molecule has 1 aliphatic carbocycles. The van der Waals surface area contributed by atoms with Crippen molar-refractivity contribution in [1.82, 2.24) is 39.7 Å². The van der Waals surface area contributed by atoms with Crippen LogP contribution in [0.2, 0.25) is 25.2 Å². The number of nitrogens with one attached hydrogen (secondary N) is 3. The zero-order chi connectivity index (χ0) is 40.7. The van der Waals surface area contributed by atoms with Gasteiger partial charge in [-0.15, -0.1) is 11.3 Å². The molecule has 0 bridgehead atoms. The first kappa shape index (κ1) is 38.0. The summed E-state index contributed by atoms with van der Waals surface area (Å²) >= 11 is 1.67. The molecular weight excluding hydrogens is 784 g/mol. The van der Waals surface area contributed by atoms with E-state index < -0.39 is 26.4 Å². The fourth-order valence-corrected chi connectivity index (χ4v) is 13.6. The number of halogens is 1. The van der Waals surface area contributed by atoms with E-state index in [9.17, 15) is 9.59 Å². The Kier molecular flexibility index (Phi) is 9.31. The number of imidazole rings is 2.